The molecule has 1 aromatic carbocycles. The number of nitrogens with zero attached hydrogens (tertiary/aromatic N) is 1. The van der Waals surface area contributed by atoms with Crippen LogP contribution in [0.3, 0.4) is 0 Å². The van der Waals surface area contributed by atoms with Crippen LogP contribution in [0.4, 0.5) is 5.69 Å². The van der Waals surface area contributed by atoms with Crippen LogP contribution in [0.2, 0.25) is 0 Å². The van der Waals surface area contributed by atoms with Gasteiger partial charge in [0, 0.05) is 6.07 Å². The molecule has 0 aliphatic heterocycles. The van der Waals surface area contributed by atoms with Gasteiger partial charge in [0.25, 0.3) is 0 Å². The van der Waals surface area contributed by atoms with Gasteiger partial charge in [-0.3, -0.25) is 0 Å². The lowest BCUT2D eigenvalue weighted by Crippen LogP contribution is -2.21. The van der Waals surface area contributed by atoms with Gasteiger partial charge in [0.2, 0.25) is 0 Å². The van der Waals surface area contributed by atoms with Crippen LogP contribution in [0.5, 0.6) is 5.75 Å². The number of rotatable bonds is 3. The fraction of sp³-hybridized carbons (Fsp3) is 0.200. The van der Waals surface area contributed by atoms with Gasteiger partial charge in [0.1, 0.15) is 11.3 Å². The Bertz CT molecular complexity index is 425. The highest BCUT2D eigenvalue weighted by atomic mass is 16.5. The van der Waals surface area contributed by atoms with Crippen molar-refractivity contribution in [1.82, 2.24) is 0 Å². The molecule has 0 spiro atoms. The quantitative estimate of drug-likeness (QED) is 0.392. The molecule has 0 aromatic heterocycles. The summed E-state index contributed by atoms with van der Waals surface area (Å²) < 4.78 is 4.75. The second kappa shape index (κ2) is 5.01. The Morgan fingerprint density at radius 1 is 1.50 bits per heavy atom. The maximum Gasteiger partial charge on any atom is 0.341 e. The highest BCUT2D eigenvalue weighted by molar-refractivity contribution is 5.93. The summed E-state index contributed by atoms with van der Waals surface area (Å²) in [5.74, 6) is -0.930. The molecule has 0 fully saturated rings. The highest BCUT2D eigenvalue weighted by Crippen LogP contribution is 2.24. The topological polar surface area (TPSA) is 111 Å². The van der Waals surface area contributed by atoms with Gasteiger partial charge in [-0.1, -0.05) is 0 Å². The van der Waals surface area contributed by atoms with E-state index in [1.807, 2.05) is 0 Å². The van der Waals surface area contributed by atoms with E-state index >= 15 is 0 Å². The summed E-state index contributed by atoms with van der Waals surface area (Å²) in [6.07, 6.45) is 0. The lowest BCUT2D eigenvalue weighted by Gasteiger charge is -2.04. The molecular formula is C10H13N3O3. The van der Waals surface area contributed by atoms with Crippen molar-refractivity contribution in [2.45, 2.75) is 6.92 Å². The average Bonchev–Trinajstić information content (AvgIpc) is 2.16. The number of benzene rings is 1. The minimum Gasteiger partial charge on any atom is -0.507 e. The predicted octanol–water partition coefficient (Wildman–Crippen LogP) is 0.474. The van der Waals surface area contributed by atoms with Crippen LogP contribution >= 0.6 is 0 Å². The lowest BCUT2D eigenvalue weighted by molar-refractivity contribution is 0.0523. The Hall–Kier alpha value is -2.24. The van der Waals surface area contributed by atoms with Crippen LogP contribution in [-0.2, 0) is 4.74 Å². The number of hydrogen-bond acceptors (Lipinski definition) is 4. The van der Waals surface area contributed by atoms with E-state index in [1.54, 1.807) is 6.92 Å². The Labute approximate surface area is 92.5 Å². The maximum absolute atomic E-state index is 11.3. The summed E-state index contributed by atoms with van der Waals surface area (Å²) in [6, 6.07) is 4.19. The molecule has 6 heteroatoms. The van der Waals surface area contributed by atoms with Crippen molar-refractivity contribution in [2.75, 3.05) is 6.61 Å². The number of aromatic hydroxyl groups is 1. The molecule has 0 heterocycles. The molecule has 1 rings (SSSR count). The van der Waals surface area contributed by atoms with Crippen molar-refractivity contribution in [3.05, 3.63) is 23.8 Å². The lowest BCUT2D eigenvalue weighted by atomic mass is 10.2. The molecule has 0 aliphatic carbocycles. The van der Waals surface area contributed by atoms with Crippen molar-refractivity contribution in [3.63, 3.8) is 0 Å². The van der Waals surface area contributed by atoms with Crippen molar-refractivity contribution in [1.29, 1.82) is 0 Å². The van der Waals surface area contributed by atoms with Crippen LogP contribution in [0, 0.1) is 0 Å². The zero-order chi connectivity index (χ0) is 12.1. The number of nitrogens with two attached hydrogens (primary N) is 2. The van der Waals surface area contributed by atoms with Crippen molar-refractivity contribution in [2.24, 2.45) is 16.5 Å². The van der Waals surface area contributed by atoms with Gasteiger partial charge in [-0.25, -0.2) is 9.79 Å². The molecule has 0 bridgehead atoms. The normalized spacial score (nSPS) is 9.56. The number of carbonyl (C=O) groups excluding carboxylic acids is 1. The fourth-order valence-corrected chi connectivity index (χ4v) is 1.12. The molecule has 6 nitrogen and oxygen atoms in total. The number of ether oxygens (including phenoxy) is 1. The van der Waals surface area contributed by atoms with E-state index in [0.717, 1.165) is 0 Å². The van der Waals surface area contributed by atoms with Crippen molar-refractivity contribution >= 4 is 17.6 Å². The summed E-state index contributed by atoms with van der Waals surface area (Å²) in [5, 5.41) is 9.55. The zero-order valence-electron chi connectivity index (χ0n) is 8.80. The maximum atomic E-state index is 11.3. The zero-order valence-corrected chi connectivity index (χ0v) is 8.80. The number of guanidine groups is 1. The molecule has 1 aromatic rings. The van der Waals surface area contributed by atoms with Gasteiger partial charge >= 0.3 is 5.97 Å². The SMILES string of the molecule is CCOC(=O)c1ccc(N=C(N)N)cc1O. The minimum absolute atomic E-state index is 0.0800. The standard InChI is InChI=1S/C10H13N3O3/c1-2-16-9(15)7-4-3-6(5-8(7)14)13-10(11)12/h3-5,14H,2H2,1H3,(H4,11,12,13). The molecule has 0 radical (unpaired) electrons. The molecule has 0 saturated heterocycles. The Morgan fingerprint density at radius 2 is 2.19 bits per heavy atom. The third kappa shape index (κ3) is 2.88. The summed E-state index contributed by atoms with van der Waals surface area (Å²) in [6.45, 7) is 1.93. The molecule has 0 unspecified atom stereocenters. The van der Waals surface area contributed by atoms with E-state index in [-0.39, 0.29) is 23.9 Å². The molecule has 86 valence electrons. The highest BCUT2D eigenvalue weighted by Gasteiger charge is 2.12. The fourth-order valence-electron chi connectivity index (χ4n) is 1.12. The second-order valence-electron chi connectivity index (χ2n) is 2.96. The van der Waals surface area contributed by atoms with Gasteiger partial charge in [0.15, 0.2) is 5.96 Å². The third-order valence-electron chi connectivity index (χ3n) is 1.73. The molecule has 0 atom stereocenters. The van der Waals surface area contributed by atoms with Crippen molar-refractivity contribution < 1.29 is 14.6 Å². The average molecular weight is 223 g/mol. The van der Waals surface area contributed by atoms with E-state index in [1.165, 1.54) is 18.2 Å². The summed E-state index contributed by atoms with van der Waals surface area (Å²) >= 11 is 0. The second-order valence-corrected chi connectivity index (χ2v) is 2.96. The summed E-state index contributed by atoms with van der Waals surface area (Å²) in [4.78, 5) is 15.1. The predicted molar refractivity (Wildman–Crippen MR) is 59.5 cm³/mol. The molecule has 0 aliphatic rings. The van der Waals surface area contributed by atoms with Gasteiger partial charge < -0.3 is 21.3 Å². The van der Waals surface area contributed by atoms with Gasteiger partial charge in [-0.05, 0) is 19.1 Å². The Balaban J connectivity index is 3.00. The monoisotopic (exact) mass is 223 g/mol. The first-order valence-electron chi connectivity index (χ1n) is 4.64. The molecule has 16 heavy (non-hydrogen) atoms. The van der Waals surface area contributed by atoms with Gasteiger partial charge in [-0.15, -0.1) is 0 Å². The van der Waals surface area contributed by atoms with E-state index in [2.05, 4.69) is 4.99 Å². The van der Waals surface area contributed by atoms with E-state index in [9.17, 15) is 9.90 Å². The number of hydrogen-bond donors (Lipinski definition) is 3. The first-order valence-corrected chi connectivity index (χ1v) is 4.64. The van der Waals surface area contributed by atoms with E-state index in [4.69, 9.17) is 16.2 Å². The van der Waals surface area contributed by atoms with Gasteiger partial charge in [0.05, 0.1) is 12.3 Å². The molecule has 5 N–H and O–H groups in total. The number of phenols is 1. The van der Waals surface area contributed by atoms with Crippen LogP contribution in [-0.4, -0.2) is 23.6 Å². The van der Waals surface area contributed by atoms with E-state index in [0.29, 0.717) is 5.69 Å². The number of phenolic OH excluding ortho intramolecular Hbond substituents is 1. The number of esters is 1. The van der Waals surface area contributed by atoms with Crippen LogP contribution in [0.1, 0.15) is 17.3 Å². The third-order valence-corrected chi connectivity index (χ3v) is 1.73. The van der Waals surface area contributed by atoms with Crippen LogP contribution < -0.4 is 11.5 Å². The first kappa shape index (κ1) is 11.8. The van der Waals surface area contributed by atoms with Crippen LogP contribution in [0.15, 0.2) is 23.2 Å². The summed E-state index contributed by atoms with van der Waals surface area (Å²) in [5.41, 5.74) is 10.8. The molecular weight excluding hydrogens is 210 g/mol. The van der Waals surface area contributed by atoms with Gasteiger partial charge in [-0.2, -0.15) is 0 Å². The Morgan fingerprint density at radius 3 is 2.69 bits per heavy atom. The molecule has 0 saturated carbocycles. The number of carbonyl (C=O) groups is 1. The van der Waals surface area contributed by atoms with Crippen molar-refractivity contribution in [3.8, 4) is 5.75 Å². The molecule has 0 amide bonds. The van der Waals surface area contributed by atoms with Crippen LogP contribution in [0.25, 0.3) is 0 Å². The largest absolute Gasteiger partial charge is 0.507 e. The Kier molecular flexibility index (Phi) is 3.71. The number of aliphatic imine (C=N–C) groups is 1. The van der Waals surface area contributed by atoms with E-state index < -0.39 is 5.97 Å². The smallest absolute Gasteiger partial charge is 0.341 e. The summed E-state index contributed by atoms with van der Waals surface area (Å²) in [7, 11) is 0. The first-order chi connectivity index (χ1) is 7.54. The minimum atomic E-state index is -0.587.